The van der Waals surface area contributed by atoms with Crippen LogP contribution in [0, 0.1) is 0 Å². The van der Waals surface area contributed by atoms with Crippen LogP contribution in [0.1, 0.15) is 0 Å². The number of primary sulfonamides is 1. The Labute approximate surface area is 93.3 Å². The first-order valence-corrected chi connectivity index (χ1v) is 5.92. The number of benzene rings is 1. The van der Waals surface area contributed by atoms with E-state index in [0.717, 1.165) is 0 Å². The topological polar surface area (TPSA) is 101 Å². The van der Waals surface area contributed by atoms with E-state index in [0.29, 0.717) is 0 Å². The summed E-state index contributed by atoms with van der Waals surface area (Å²) in [6.45, 7) is -0.299. The number of nitrogens with two attached hydrogens (primary N) is 1. The number of hydrogen-bond donors (Lipinski definition) is 2. The van der Waals surface area contributed by atoms with E-state index >= 15 is 0 Å². The second kappa shape index (κ2) is 4.50. The van der Waals surface area contributed by atoms with E-state index in [4.69, 9.17) is 10.2 Å². The van der Waals surface area contributed by atoms with Gasteiger partial charge in [0.25, 0.3) is 0 Å². The molecule has 0 aliphatic carbocycles. The molecule has 0 spiro atoms. The fourth-order valence-corrected chi connectivity index (χ4v) is 2.08. The molecule has 0 amide bonds. The van der Waals surface area contributed by atoms with Gasteiger partial charge in [-0.05, 0) is 12.1 Å². The highest BCUT2D eigenvalue weighted by Crippen LogP contribution is 2.22. The smallest absolute Gasteiger partial charge is 0.323 e. The standard InChI is InChI=1S/C9H12N2O4S/c1-11(6-9(12)13)7-4-2-3-5-8(7)16(10,14)15/h2-5H,6H2,1H3,(H,12,13)(H2,10,14,15). The Kier molecular flexibility index (Phi) is 3.51. The summed E-state index contributed by atoms with van der Waals surface area (Å²) in [7, 11) is -2.36. The first-order chi connectivity index (χ1) is 7.32. The van der Waals surface area contributed by atoms with Crippen molar-refractivity contribution in [2.45, 2.75) is 4.90 Å². The molecule has 1 aromatic carbocycles. The number of hydrogen-bond acceptors (Lipinski definition) is 4. The van der Waals surface area contributed by atoms with Crippen molar-refractivity contribution in [2.24, 2.45) is 5.14 Å². The Morgan fingerprint density at radius 1 is 1.44 bits per heavy atom. The highest BCUT2D eigenvalue weighted by Gasteiger charge is 2.17. The van der Waals surface area contributed by atoms with Gasteiger partial charge in [0, 0.05) is 7.05 Å². The molecular weight excluding hydrogens is 232 g/mol. The molecule has 3 N–H and O–H groups in total. The Bertz CT molecular complexity index is 498. The van der Waals surface area contributed by atoms with Crippen molar-refractivity contribution < 1.29 is 18.3 Å². The number of sulfonamides is 1. The lowest BCUT2D eigenvalue weighted by Gasteiger charge is -2.19. The molecule has 1 aromatic rings. The summed E-state index contributed by atoms with van der Waals surface area (Å²) < 4.78 is 22.5. The molecule has 0 radical (unpaired) electrons. The first-order valence-electron chi connectivity index (χ1n) is 4.37. The molecule has 7 heteroatoms. The highest BCUT2D eigenvalue weighted by atomic mass is 32.2. The number of para-hydroxylation sites is 1. The second-order valence-electron chi connectivity index (χ2n) is 3.26. The van der Waals surface area contributed by atoms with Gasteiger partial charge in [-0.1, -0.05) is 12.1 Å². The summed E-state index contributed by atoms with van der Waals surface area (Å²) in [4.78, 5) is 11.7. The van der Waals surface area contributed by atoms with Crippen molar-refractivity contribution in [3.63, 3.8) is 0 Å². The maximum atomic E-state index is 11.2. The summed E-state index contributed by atoms with van der Waals surface area (Å²) >= 11 is 0. The number of carboxylic acids is 1. The van der Waals surface area contributed by atoms with Gasteiger partial charge in [0.1, 0.15) is 11.4 Å². The molecule has 0 saturated carbocycles. The van der Waals surface area contributed by atoms with E-state index in [1.54, 1.807) is 6.07 Å². The van der Waals surface area contributed by atoms with Gasteiger partial charge in [-0.15, -0.1) is 0 Å². The van der Waals surface area contributed by atoms with Crippen LogP contribution in [0.4, 0.5) is 5.69 Å². The summed E-state index contributed by atoms with van der Waals surface area (Å²) in [5.74, 6) is -1.05. The lowest BCUT2D eigenvalue weighted by atomic mass is 10.3. The third kappa shape index (κ3) is 2.94. The molecule has 0 heterocycles. The van der Waals surface area contributed by atoms with Gasteiger partial charge >= 0.3 is 5.97 Å². The molecule has 0 aliphatic rings. The maximum Gasteiger partial charge on any atom is 0.323 e. The Morgan fingerprint density at radius 3 is 2.50 bits per heavy atom. The van der Waals surface area contributed by atoms with E-state index in [9.17, 15) is 13.2 Å². The van der Waals surface area contributed by atoms with Gasteiger partial charge in [0.15, 0.2) is 0 Å². The summed E-state index contributed by atoms with van der Waals surface area (Å²) in [6.07, 6.45) is 0. The Morgan fingerprint density at radius 2 is 2.00 bits per heavy atom. The van der Waals surface area contributed by atoms with E-state index in [2.05, 4.69) is 0 Å². The minimum Gasteiger partial charge on any atom is -0.480 e. The van der Waals surface area contributed by atoms with Gasteiger partial charge in [-0.2, -0.15) is 0 Å². The summed E-state index contributed by atoms with van der Waals surface area (Å²) in [6, 6.07) is 5.98. The van der Waals surface area contributed by atoms with Crippen LogP contribution in [0.3, 0.4) is 0 Å². The number of aliphatic carboxylic acids is 1. The van der Waals surface area contributed by atoms with Crippen LogP contribution in [0.2, 0.25) is 0 Å². The number of carbonyl (C=O) groups is 1. The molecule has 0 unspecified atom stereocenters. The maximum absolute atomic E-state index is 11.2. The fourth-order valence-electron chi connectivity index (χ4n) is 1.30. The molecular formula is C9H12N2O4S. The molecule has 0 aromatic heterocycles. The van der Waals surface area contributed by atoms with E-state index in [1.165, 1.54) is 30.1 Å². The summed E-state index contributed by atoms with van der Waals surface area (Å²) in [5, 5.41) is 13.6. The van der Waals surface area contributed by atoms with E-state index < -0.39 is 16.0 Å². The van der Waals surface area contributed by atoms with E-state index in [1.807, 2.05) is 0 Å². The van der Waals surface area contributed by atoms with Gasteiger partial charge in [0.2, 0.25) is 10.0 Å². The van der Waals surface area contributed by atoms with Gasteiger partial charge in [-0.25, -0.2) is 13.6 Å². The third-order valence-corrected chi connectivity index (χ3v) is 2.91. The van der Waals surface area contributed by atoms with Crippen molar-refractivity contribution in [1.82, 2.24) is 0 Å². The van der Waals surface area contributed by atoms with Crippen LogP contribution in [0.15, 0.2) is 29.2 Å². The molecule has 16 heavy (non-hydrogen) atoms. The number of rotatable bonds is 4. The lowest BCUT2D eigenvalue weighted by Crippen LogP contribution is -2.27. The zero-order chi connectivity index (χ0) is 12.3. The van der Waals surface area contributed by atoms with Gasteiger partial charge < -0.3 is 10.0 Å². The minimum absolute atomic E-state index is 0.0845. The van der Waals surface area contributed by atoms with Gasteiger partial charge in [-0.3, -0.25) is 4.79 Å². The van der Waals surface area contributed by atoms with Crippen molar-refractivity contribution in [2.75, 3.05) is 18.5 Å². The normalized spacial score (nSPS) is 11.1. The van der Waals surface area contributed by atoms with Crippen LogP contribution in [-0.2, 0) is 14.8 Å². The average Bonchev–Trinajstić information content (AvgIpc) is 2.15. The fraction of sp³-hybridized carbons (Fsp3) is 0.222. The summed E-state index contributed by atoms with van der Waals surface area (Å²) in [5.41, 5.74) is 0.271. The monoisotopic (exact) mass is 244 g/mol. The Balaban J connectivity index is 3.19. The third-order valence-electron chi connectivity index (χ3n) is 1.96. The minimum atomic E-state index is -3.85. The highest BCUT2D eigenvalue weighted by molar-refractivity contribution is 7.89. The molecule has 6 nitrogen and oxygen atoms in total. The number of carboxylic acid groups (broad SMARTS) is 1. The van der Waals surface area contributed by atoms with Crippen LogP contribution in [0.25, 0.3) is 0 Å². The molecule has 0 saturated heterocycles. The van der Waals surface area contributed by atoms with Crippen molar-refractivity contribution in [3.05, 3.63) is 24.3 Å². The first kappa shape index (κ1) is 12.5. The predicted octanol–water partition coefficient (Wildman–Crippen LogP) is -0.145. The van der Waals surface area contributed by atoms with Crippen molar-refractivity contribution in [3.8, 4) is 0 Å². The zero-order valence-electron chi connectivity index (χ0n) is 8.62. The zero-order valence-corrected chi connectivity index (χ0v) is 9.44. The molecule has 1 rings (SSSR count). The van der Waals surface area contributed by atoms with Crippen LogP contribution >= 0.6 is 0 Å². The number of anilines is 1. The van der Waals surface area contributed by atoms with Gasteiger partial charge in [0.05, 0.1) is 5.69 Å². The number of likely N-dealkylation sites (N-methyl/N-ethyl adjacent to an activating group) is 1. The Hall–Kier alpha value is -1.60. The number of nitrogens with zero attached hydrogens (tertiary/aromatic N) is 1. The molecule has 0 fully saturated rings. The lowest BCUT2D eigenvalue weighted by molar-refractivity contribution is -0.135. The SMILES string of the molecule is CN(CC(=O)O)c1ccccc1S(N)(=O)=O. The van der Waals surface area contributed by atoms with E-state index in [-0.39, 0.29) is 17.1 Å². The quantitative estimate of drug-likeness (QED) is 0.767. The van der Waals surface area contributed by atoms with Crippen LogP contribution in [-0.4, -0.2) is 33.1 Å². The van der Waals surface area contributed by atoms with Crippen LogP contribution in [0.5, 0.6) is 0 Å². The van der Waals surface area contributed by atoms with Crippen molar-refractivity contribution in [1.29, 1.82) is 0 Å². The van der Waals surface area contributed by atoms with Crippen LogP contribution < -0.4 is 10.0 Å². The largest absolute Gasteiger partial charge is 0.480 e. The second-order valence-corrected chi connectivity index (χ2v) is 4.79. The average molecular weight is 244 g/mol. The molecule has 0 aliphatic heterocycles. The molecule has 0 bridgehead atoms. The molecule has 88 valence electrons. The molecule has 0 atom stereocenters. The predicted molar refractivity (Wildman–Crippen MR) is 58.7 cm³/mol. The van der Waals surface area contributed by atoms with Crippen molar-refractivity contribution >= 4 is 21.7 Å².